The lowest BCUT2D eigenvalue weighted by Gasteiger charge is -2.28. The molecule has 1 aliphatic rings. The number of carbonyl (C=O) groups is 2. The number of esters is 1. The Bertz CT molecular complexity index is 747. The summed E-state index contributed by atoms with van der Waals surface area (Å²) < 4.78 is 31.4. The summed E-state index contributed by atoms with van der Waals surface area (Å²) in [4.78, 5) is 25.8. The Kier molecular flexibility index (Phi) is 5.56. The Balaban J connectivity index is 2.35. The van der Waals surface area contributed by atoms with Crippen molar-refractivity contribution in [2.75, 3.05) is 6.54 Å². The van der Waals surface area contributed by atoms with Crippen LogP contribution in [0.15, 0.2) is 29.2 Å². The van der Waals surface area contributed by atoms with E-state index in [9.17, 15) is 18.0 Å². The average molecular weight is 367 g/mol. The summed E-state index contributed by atoms with van der Waals surface area (Å²) in [6, 6.07) is 6.41. The number of nitrogens with zero attached hydrogens (tertiary/aromatic N) is 1. The van der Waals surface area contributed by atoms with Crippen LogP contribution < -0.4 is 0 Å². The third-order valence-corrected chi connectivity index (χ3v) is 5.99. The lowest BCUT2D eigenvalue weighted by molar-refractivity contribution is -0.155. The molecule has 1 aromatic carbocycles. The highest BCUT2D eigenvalue weighted by Gasteiger charge is 2.40. The second-order valence-corrected chi connectivity index (χ2v) is 9.40. The van der Waals surface area contributed by atoms with Crippen molar-refractivity contribution < 1.29 is 22.7 Å². The number of benzene rings is 1. The number of rotatable bonds is 5. The van der Waals surface area contributed by atoms with Gasteiger partial charge in [0.1, 0.15) is 11.0 Å². The van der Waals surface area contributed by atoms with E-state index in [-0.39, 0.29) is 17.2 Å². The fraction of sp³-hybridized carbons (Fsp3) is 0.556. The molecule has 0 radical (unpaired) electrons. The van der Waals surface area contributed by atoms with Crippen LogP contribution in [0.2, 0.25) is 0 Å². The van der Waals surface area contributed by atoms with Gasteiger partial charge >= 0.3 is 5.97 Å². The molecule has 25 heavy (non-hydrogen) atoms. The van der Waals surface area contributed by atoms with E-state index < -0.39 is 26.8 Å². The molecule has 0 N–H and O–H groups in total. The largest absolute Gasteiger partial charge is 0.460 e. The third kappa shape index (κ3) is 4.81. The zero-order valence-corrected chi connectivity index (χ0v) is 15.9. The summed E-state index contributed by atoms with van der Waals surface area (Å²) in [5.41, 5.74) is 0.212. The molecule has 0 saturated carbocycles. The summed E-state index contributed by atoms with van der Waals surface area (Å²) in [7, 11) is -3.88. The van der Waals surface area contributed by atoms with Gasteiger partial charge < -0.3 is 9.64 Å². The van der Waals surface area contributed by atoms with Crippen molar-refractivity contribution in [3.63, 3.8) is 0 Å². The summed E-state index contributed by atoms with van der Waals surface area (Å²) in [6.45, 7) is 7.34. The van der Waals surface area contributed by atoms with Gasteiger partial charge in [0.15, 0.2) is 9.84 Å². The smallest absolute Gasteiger partial charge is 0.309 e. The average Bonchev–Trinajstić information content (AvgIpc) is 2.89. The van der Waals surface area contributed by atoms with Crippen LogP contribution in [0.4, 0.5) is 0 Å². The predicted octanol–water partition coefficient (Wildman–Crippen LogP) is 2.45. The molecule has 0 aliphatic carbocycles. The van der Waals surface area contributed by atoms with E-state index in [0.717, 1.165) is 5.56 Å². The molecule has 0 spiro atoms. The number of hydrogen-bond acceptors (Lipinski definition) is 5. The molecular formula is C18H25NO5S. The van der Waals surface area contributed by atoms with Crippen molar-refractivity contribution in [3.05, 3.63) is 29.8 Å². The maximum Gasteiger partial charge on any atom is 0.309 e. The van der Waals surface area contributed by atoms with Crippen LogP contribution in [0.1, 0.15) is 45.6 Å². The van der Waals surface area contributed by atoms with Gasteiger partial charge in [0.2, 0.25) is 5.91 Å². The van der Waals surface area contributed by atoms with Crippen LogP contribution in [0.3, 0.4) is 0 Å². The van der Waals surface area contributed by atoms with Crippen LogP contribution in [0, 0.1) is 6.92 Å². The van der Waals surface area contributed by atoms with E-state index in [1.165, 1.54) is 17.0 Å². The molecule has 1 unspecified atom stereocenters. The van der Waals surface area contributed by atoms with Crippen molar-refractivity contribution in [1.29, 1.82) is 0 Å². The molecule has 2 rings (SSSR count). The van der Waals surface area contributed by atoms with E-state index >= 15 is 0 Å². The summed E-state index contributed by atoms with van der Waals surface area (Å²) >= 11 is 0. The maximum atomic E-state index is 13.1. The minimum Gasteiger partial charge on any atom is -0.460 e. The first kappa shape index (κ1) is 19.4. The zero-order chi connectivity index (χ0) is 18.8. The van der Waals surface area contributed by atoms with Gasteiger partial charge in [0.25, 0.3) is 0 Å². The Morgan fingerprint density at radius 3 is 2.32 bits per heavy atom. The summed E-state index contributed by atoms with van der Waals surface area (Å²) in [6.07, 6.45) is 0.514. The number of carbonyl (C=O) groups excluding carboxylic acids is 2. The molecule has 1 aliphatic heterocycles. The SMILES string of the molecule is Cc1ccc(S(=O)(=O)C(CC(=O)OC(C)(C)C)N2CCCC2=O)cc1. The lowest BCUT2D eigenvalue weighted by atomic mass is 10.2. The van der Waals surface area contributed by atoms with Crippen LogP contribution >= 0.6 is 0 Å². The van der Waals surface area contributed by atoms with Gasteiger partial charge in [0, 0.05) is 13.0 Å². The number of hydrogen-bond donors (Lipinski definition) is 0. The maximum absolute atomic E-state index is 13.1. The van der Waals surface area contributed by atoms with E-state index in [0.29, 0.717) is 19.4 Å². The van der Waals surface area contributed by atoms with E-state index in [4.69, 9.17) is 4.74 Å². The number of sulfone groups is 1. The molecule has 7 heteroatoms. The summed E-state index contributed by atoms with van der Waals surface area (Å²) in [5.74, 6) is -0.878. The van der Waals surface area contributed by atoms with Crippen molar-refractivity contribution in [2.24, 2.45) is 0 Å². The van der Waals surface area contributed by atoms with Crippen molar-refractivity contribution in [3.8, 4) is 0 Å². The van der Waals surface area contributed by atoms with Gasteiger partial charge in [0.05, 0.1) is 11.3 Å². The van der Waals surface area contributed by atoms with Gasteiger partial charge in [-0.05, 0) is 46.2 Å². The van der Waals surface area contributed by atoms with Crippen LogP contribution in [-0.2, 0) is 24.2 Å². The molecule has 1 saturated heterocycles. The topological polar surface area (TPSA) is 80.8 Å². The Hall–Kier alpha value is -1.89. The second-order valence-electron chi connectivity index (χ2n) is 7.29. The molecule has 1 atom stereocenters. The Labute approximate surface area is 149 Å². The molecule has 138 valence electrons. The molecule has 1 aromatic rings. The third-order valence-electron chi connectivity index (χ3n) is 3.93. The predicted molar refractivity (Wildman–Crippen MR) is 93.6 cm³/mol. The first-order valence-electron chi connectivity index (χ1n) is 8.32. The van der Waals surface area contributed by atoms with Crippen LogP contribution in [0.25, 0.3) is 0 Å². The number of aryl methyl sites for hydroxylation is 1. The highest BCUT2D eigenvalue weighted by Crippen LogP contribution is 2.27. The lowest BCUT2D eigenvalue weighted by Crippen LogP contribution is -2.44. The Morgan fingerprint density at radius 1 is 1.24 bits per heavy atom. The fourth-order valence-corrected chi connectivity index (χ4v) is 4.51. The first-order valence-corrected chi connectivity index (χ1v) is 9.87. The van der Waals surface area contributed by atoms with Crippen LogP contribution in [0.5, 0.6) is 0 Å². The van der Waals surface area contributed by atoms with Crippen LogP contribution in [-0.4, -0.2) is 42.7 Å². The zero-order valence-electron chi connectivity index (χ0n) is 15.1. The molecule has 1 fully saturated rings. The minimum absolute atomic E-state index is 0.103. The number of ether oxygens (including phenoxy) is 1. The highest BCUT2D eigenvalue weighted by molar-refractivity contribution is 7.92. The van der Waals surface area contributed by atoms with Crippen molar-refractivity contribution >= 4 is 21.7 Å². The van der Waals surface area contributed by atoms with E-state index in [1.807, 2.05) is 6.92 Å². The standard InChI is InChI=1S/C18H25NO5S/c1-13-7-9-14(10-8-13)25(22,23)16(19-11-5-6-15(19)20)12-17(21)24-18(2,3)4/h7-10,16H,5-6,11-12H2,1-4H3. The van der Waals surface area contributed by atoms with E-state index in [1.54, 1.807) is 32.9 Å². The quantitative estimate of drug-likeness (QED) is 0.747. The number of amides is 1. The normalized spacial score (nSPS) is 16.8. The first-order chi connectivity index (χ1) is 11.5. The molecule has 1 amide bonds. The molecule has 0 bridgehead atoms. The minimum atomic E-state index is -3.88. The van der Waals surface area contributed by atoms with Gasteiger partial charge in [-0.3, -0.25) is 9.59 Å². The van der Waals surface area contributed by atoms with Gasteiger partial charge in [-0.15, -0.1) is 0 Å². The highest BCUT2D eigenvalue weighted by atomic mass is 32.2. The molecular weight excluding hydrogens is 342 g/mol. The summed E-state index contributed by atoms with van der Waals surface area (Å²) in [5, 5.41) is -1.24. The van der Waals surface area contributed by atoms with Crippen molar-refractivity contribution in [1.82, 2.24) is 4.90 Å². The van der Waals surface area contributed by atoms with E-state index in [2.05, 4.69) is 0 Å². The van der Waals surface area contributed by atoms with Gasteiger partial charge in [-0.1, -0.05) is 17.7 Å². The Morgan fingerprint density at radius 2 is 1.84 bits per heavy atom. The molecule has 1 heterocycles. The monoisotopic (exact) mass is 367 g/mol. The van der Waals surface area contributed by atoms with Gasteiger partial charge in [-0.25, -0.2) is 8.42 Å². The number of likely N-dealkylation sites (tertiary alicyclic amines) is 1. The molecule has 0 aromatic heterocycles. The molecule has 6 nitrogen and oxygen atoms in total. The second kappa shape index (κ2) is 7.15. The van der Waals surface area contributed by atoms with Crippen molar-refractivity contribution in [2.45, 2.75) is 62.8 Å². The van der Waals surface area contributed by atoms with Gasteiger partial charge in [-0.2, -0.15) is 0 Å². The fourth-order valence-electron chi connectivity index (χ4n) is 2.77.